The number of anilines is 3. The smallest absolute Gasteiger partial charge is 0.224 e. The Hall–Kier alpha value is -1.82. The van der Waals surface area contributed by atoms with E-state index in [1.807, 2.05) is 32.0 Å². The summed E-state index contributed by atoms with van der Waals surface area (Å²) in [6.07, 6.45) is 1.79. The van der Waals surface area contributed by atoms with E-state index in [0.29, 0.717) is 5.95 Å². The molecule has 1 heterocycles. The van der Waals surface area contributed by atoms with Crippen molar-refractivity contribution in [3.63, 3.8) is 0 Å². The topological polar surface area (TPSA) is 59.1 Å². The Morgan fingerprint density at radius 3 is 2.85 bits per heavy atom. The minimum absolute atomic E-state index is 0.606. The molecule has 1 aromatic carbocycles. The minimum Gasteiger partial charge on any atom is -0.495 e. The molecule has 20 heavy (non-hydrogen) atoms. The molecule has 1 aromatic heterocycles. The van der Waals surface area contributed by atoms with Gasteiger partial charge in [-0.3, -0.25) is 0 Å². The molecule has 2 rings (SSSR count). The Bertz CT molecular complexity index is 604. The average Bonchev–Trinajstić information content (AvgIpc) is 2.43. The summed E-state index contributed by atoms with van der Waals surface area (Å²) in [7, 11) is 1.64. The van der Waals surface area contributed by atoms with Gasteiger partial charge in [0.15, 0.2) is 0 Å². The largest absolute Gasteiger partial charge is 0.495 e. The molecule has 0 aliphatic heterocycles. The lowest BCUT2D eigenvalue weighted by atomic mass is 10.2. The van der Waals surface area contributed by atoms with E-state index in [2.05, 4.69) is 36.5 Å². The first-order valence-electron chi connectivity index (χ1n) is 6.32. The molecule has 6 heteroatoms. The molecule has 5 nitrogen and oxygen atoms in total. The zero-order chi connectivity index (χ0) is 14.5. The van der Waals surface area contributed by atoms with Gasteiger partial charge in [-0.1, -0.05) is 15.9 Å². The fraction of sp³-hybridized carbons (Fsp3) is 0.286. The number of nitrogens with zero attached hydrogens (tertiary/aromatic N) is 2. The van der Waals surface area contributed by atoms with E-state index in [0.717, 1.165) is 33.8 Å². The first-order valence-corrected chi connectivity index (χ1v) is 7.11. The second-order valence-corrected chi connectivity index (χ2v) is 5.14. The van der Waals surface area contributed by atoms with Gasteiger partial charge in [-0.25, -0.2) is 4.98 Å². The predicted molar refractivity (Wildman–Crippen MR) is 84.9 cm³/mol. The van der Waals surface area contributed by atoms with Crippen LogP contribution in [0.1, 0.15) is 12.5 Å². The summed E-state index contributed by atoms with van der Waals surface area (Å²) in [5.41, 5.74) is 1.82. The number of nitrogens with one attached hydrogen (secondary N) is 2. The van der Waals surface area contributed by atoms with Crippen LogP contribution in [0.3, 0.4) is 0 Å². The standard InChI is InChI=1S/C14H17BrN4O/c1-4-16-14-17-8-9(2)13(19-14)18-11-7-10(15)5-6-12(11)20-3/h5-8H,4H2,1-3H3,(H2,16,17,18,19). The lowest BCUT2D eigenvalue weighted by Gasteiger charge is -2.13. The van der Waals surface area contributed by atoms with E-state index in [1.165, 1.54) is 0 Å². The summed E-state index contributed by atoms with van der Waals surface area (Å²) in [4.78, 5) is 8.69. The molecule has 0 amide bonds. The Labute approximate surface area is 126 Å². The molecule has 0 unspecified atom stereocenters. The number of halogens is 1. The molecule has 0 bridgehead atoms. The monoisotopic (exact) mass is 336 g/mol. The number of methoxy groups -OCH3 is 1. The van der Waals surface area contributed by atoms with E-state index >= 15 is 0 Å². The SMILES string of the molecule is CCNc1ncc(C)c(Nc2cc(Br)ccc2OC)n1. The molecule has 0 fully saturated rings. The third-order valence-corrected chi connectivity index (χ3v) is 3.21. The average molecular weight is 337 g/mol. The van der Waals surface area contributed by atoms with E-state index in [9.17, 15) is 0 Å². The lowest BCUT2D eigenvalue weighted by molar-refractivity contribution is 0.416. The summed E-state index contributed by atoms with van der Waals surface area (Å²) < 4.78 is 6.32. The van der Waals surface area contributed by atoms with Crippen LogP contribution in [0, 0.1) is 6.92 Å². The maximum absolute atomic E-state index is 5.35. The van der Waals surface area contributed by atoms with Gasteiger partial charge in [-0.2, -0.15) is 4.98 Å². The third kappa shape index (κ3) is 3.39. The summed E-state index contributed by atoms with van der Waals surface area (Å²) in [5.74, 6) is 2.12. The van der Waals surface area contributed by atoms with Crippen LogP contribution in [-0.4, -0.2) is 23.6 Å². The van der Waals surface area contributed by atoms with E-state index in [1.54, 1.807) is 13.3 Å². The van der Waals surface area contributed by atoms with Crippen molar-refractivity contribution in [1.82, 2.24) is 9.97 Å². The summed E-state index contributed by atoms with van der Waals surface area (Å²) in [5, 5.41) is 6.38. The number of aryl methyl sites for hydroxylation is 1. The highest BCUT2D eigenvalue weighted by Crippen LogP contribution is 2.31. The van der Waals surface area contributed by atoms with Gasteiger partial charge in [-0.05, 0) is 32.0 Å². The second kappa shape index (κ2) is 6.56. The van der Waals surface area contributed by atoms with Crippen molar-refractivity contribution in [2.75, 3.05) is 24.3 Å². The van der Waals surface area contributed by atoms with Crippen molar-refractivity contribution in [2.24, 2.45) is 0 Å². The van der Waals surface area contributed by atoms with Crippen molar-refractivity contribution in [3.05, 3.63) is 34.4 Å². The highest BCUT2D eigenvalue weighted by atomic mass is 79.9. The Balaban J connectivity index is 2.33. The molecular formula is C14H17BrN4O. The first-order chi connectivity index (χ1) is 9.63. The number of hydrogen-bond acceptors (Lipinski definition) is 5. The maximum atomic E-state index is 5.35. The molecule has 0 aliphatic carbocycles. The van der Waals surface area contributed by atoms with Crippen molar-refractivity contribution < 1.29 is 4.74 Å². The number of ether oxygens (including phenoxy) is 1. The van der Waals surface area contributed by atoms with Gasteiger partial charge >= 0.3 is 0 Å². The van der Waals surface area contributed by atoms with Crippen molar-refractivity contribution >= 4 is 33.4 Å². The summed E-state index contributed by atoms with van der Waals surface area (Å²) >= 11 is 3.46. The van der Waals surface area contributed by atoms with E-state index in [-0.39, 0.29) is 0 Å². The molecule has 2 N–H and O–H groups in total. The molecule has 2 aromatic rings. The number of rotatable bonds is 5. The first kappa shape index (κ1) is 14.6. The van der Waals surface area contributed by atoms with Crippen LogP contribution in [0.5, 0.6) is 5.75 Å². The highest BCUT2D eigenvalue weighted by molar-refractivity contribution is 9.10. The van der Waals surface area contributed by atoms with Crippen LogP contribution < -0.4 is 15.4 Å². The van der Waals surface area contributed by atoms with Crippen LogP contribution in [0.4, 0.5) is 17.5 Å². The van der Waals surface area contributed by atoms with Gasteiger partial charge in [-0.15, -0.1) is 0 Å². The Kier molecular flexibility index (Phi) is 4.79. The van der Waals surface area contributed by atoms with Crippen molar-refractivity contribution in [1.29, 1.82) is 0 Å². The minimum atomic E-state index is 0.606. The molecule has 0 saturated carbocycles. The molecule has 0 radical (unpaired) electrons. The molecule has 0 aliphatic rings. The molecule has 0 atom stereocenters. The van der Waals surface area contributed by atoms with Crippen molar-refractivity contribution in [3.8, 4) is 5.75 Å². The Morgan fingerprint density at radius 2 is 2.15 bits per heavy atom. The van der Waals surface area contributed by atoms with E-state index in [4.69, 9.17) is 4.74 Å². The number of benzene rings is 1. The number of aromatic nitrogens is 2. The molecule has 0 saturated heterocycles. The fourth-order valence-corrected chi connectivity index (χ4v) is 2.08. The normalized spacial score (nSPS) is 10.2. The molecular weight excluding hydrogens is 320 g/mol. The highest BCUT2D eigenvalue weighted by Gasteiger charge is 2.08. The lowest BCUT2D eigenvalue weighted by Crippen LogP contribution is -2.06. The van der Waals surface area contributed by atoms with Gasteiger partial charge in [0.2, 0.25) is 5.95 Å². The van der Waals surface area contributed by atoms with Crippen LogP contribution in [0.25, 0.3) is 0 Å². The zero-order valence-electron chi connectivity index (χ0n) is 11.7. The van der Waals surface area contributed by atoms with Crippen LogP contribution in [-0.2, 0) is 0 Å². The van der Waals surface area contributed by atoms with Gasteiger partial charge < -0.3 is 15.4 Å². The Morgan fingerprint density at radius 1 is 1.35 bits per heavy atom. The molecule has 0 spiro atoms. The van der Waals surface area contributed by atoms with Crippen molar-refractivity contribution in [2.45, 2.75) is 13.8 Å². The fourth-order valence-electron chi connectivity index (χ4n) is 1.72. The number of hydrogen-bond donors (Lipinski definition) is 2. The quantitative estimate of drug-likeness (QED) is 0.871. The van der Waals surface area contributed by atoms with Crippen LogP contribution in [0.15, 0.2) is 28.9 Å². The van der Waals surface area contributed by atoms with Gasteiger partial charge in [0.25, 0.3) is 0 Å². The molecule has 106 valence electrons. The van der Waals surface area contributed by atoms with Gasteiger partial charge in [0.1, 0.15) is 11.6 Å². The maximum Gasteiger partial charge on any atom is 0.224 e. The van der Waals surface area contributed by atoms with Gasteiger partial charge in [0.05, 0.1) is 12.8 Å². The van der Waals surface area contributed by atoms with Gasteiger partial charge in [0, 0.05) is 22.8 Å². The second-order valence-electron chi connectivity index (χ2n) is 4.23. The van der Waals surface area contributed by atoms with Crippen LogP contribution >= 0.6 is 15.9 Å². The third-order valence-electron chi connectivity index (χ3n) is 2.72. The predicted octanol–water partition coefficient (Wildman–Crippen LogP) is 3.73. The zero-order valence-corrected chi connectivity index (χ0v) is 13.3. The summed E-state index contributed by atoms with van der Waals surface area (Å²) in [6.45, 7) is 4.75. The summed E-state index contributed by atoms with van der Waals surface area (Å²) in [6, 6.07) is 5.78. The van der Waals surface area contributed by atoms with Crippen LogP contribution in [0.2, 0.25) is 0 Å². The van der Waals surface area contributed by atoms with E-state index < -0.39 is 0 Å².